The van der Waals surface area contributed by atoms with Crippen molar-refractivity contribution >= 4 is 33.4 Å². The monoisotopic (exact) mass is 400 g/mol. The van der Waals surface area contributed by atoms with E-state index in [1.807, 2.05) is 42.6 Å². The summed E-state index contributed by atoms with van der Waals surface area (Å²) in [7, 11) is 2.15. The zero-order chi connectivity index (χ0) is 20.5. The number of amides is 1. The van der Waals surface area contributed by atoms with Gasteiger partial charge in [-0.2, -0.15) is 0 Å². The van der Waals surface area contributed by atoms with Gasteiger partial charge in [-0.1, -0.05) is 18.2 Å². The van der Waals surface area contributed by atoms with E-state index < -0.39 is 0 Å². The van der Waals surface area contributed by atoms with Gasteiger partial charge < -0.3 is 20.1 Å². The number of nitrogens with zero attached hydrogens (tertiary/aromatic N) is 4. The molecule has 3 aromatic heterocycles. The maximum atomic E-state index is 12.8. The Hall–Kier alpha value is -3.45. The van der Waals surface area contributed by atoms with Crippen molar-refractivity contribution in [2.24, 2.45) is 0 Å². The Balaban J connectivity index is 1.29. The summed E-state index contributed by atoms with van der Waals surface area (Å²) in [6, 6.07) is 14.0. The van der Waals surface area contributed by atoms with Gasteiger partial charge in [0.15, 0.2) is 5.69 Å². The maximum absolute atomic E-state index is 12.8. The quantitative estimate of drug-likeness (QED) is 0.551. The molecule has 0 atom stereocenters. The zero-order valence-corrected chi connectivity index (χ0v) is 16.9. The highest BCUT2D eigenvalue weighted by atomic mass is 16.1. The Kier molecular flexibility index (Phi) is 4.80. The van der Waals surface area contributed by atoms with Crippen LogP contribution in [0.4, 0.5) is 5.69 Å². The van der Waals surface area contributed by atoms with Gasteiger partial charge in [-0.15, -0.1) is 0 Å². The first-order valence-corrected chi connectivity index (χ1v) is 10.2. The summed E-state index contributed by atoms with van der Waals surface area (Å²) in [4.78, 5) is 29.7. The first kappa shape index (κ1) is 18.6. The van der Waals surface area contributed by atoms with Crippen LogP contribution < -0.4 is 10.2 Å². The smallest absolute Gasteiger partial charge is 0.272 e. The summed E-state index contributed by atoms with van der Waals surface area (Å²) in [5.41, 5.74) is 4.11. The molecule has 0 bridgehead atoms. The molecular weight excluding hydrogens is 376 g/mol. The van der Waals surface area contributed by atoms with Crippen molar-refractivity contribution < 1.29 is 4.79 Å². The predicted octanol–water partition coefficient (Wildman–Crippen LogP) is 2.79. The summed E-state index contributed by atoms with van der Waals surface area (Å²) in [6.07, 6.45) is 3.57. The molecule has 0 spiro atoms. The molecule has 152 valence electrons. The van der Waals surface area contributed by atoms with Crippen LogP contribution in [0.25, 0.3) is 21.8 Å². The van der Waals surface area contributed by atoms with E-state index >= 15 is 0 Å². The minimum absolute atomic E-state index is 0.211. The van der Waals surface area contributed by atoms with Gasteiger partial charge in [0.2, 0.25) is 0 Å². The number of benzene rings is 1. The molecule has 1 fully saturated rings. The molecule has 4 heterocycles. The Morgan fingerprint density at radius 3 is 2.67 bits per heavy atom. The molecule has 7 heteroatoms. The van der Waals surface area contributed by atoms with Crippen LogP contribution in [0.1, 0.15) is 16.2 Å². The molecule has 0 radical (unpaired) electrons. The second-order valence-corrected chi connectivity index (χ2v) is 7.73. The number of hydrogen-bond donors (Lipinski definition) is 2. The van der Waals surface area contributed by atoms with E-state index in [1.165, 1.54) is 0 Å². The summed E-state index contributed by atoms with van der Waals surface area (Å²) in [5.74, 6) is -0.211. The predicted molar refractivity (Wildman–Crippen MR) is 119 cm³/mol. The molecule has 30 heavy (non-hydrogen) atoms. The standard InChI is InChI=1S/C23H24N6O/c1-28-10-12-29(13-11-28)17-7-6-16(25-15-17)14-26-23(30)22-21-19(8-9-24-22)18-4-2-3-5-20(18)27-21/h2-9,15,27H,10-14H2,1H3,(H,26,30). The zero-order valence-electron chi connectivity index (χ0n) is 16.9. The number of piperazine rings is 1. The number of aromatic nitrogens is 3. The van der Waals surface area contributed by atoms with E-state index in [-0.39, 0.29) is 5.91 Å². The van der Waals surface area contributed by atoms with Crippen LogP contribution in [-0.4, -0.2) is 59.0 Å². The average Bonchev–Trinajstić information content (AvgIpc) is 3.17. The molecule has 1 amide bonds. The third kappa shape index (κ3) is 3.48. The number of H-pyrrole nitrogens is 1. The number of carbonyl (C=O) groups is 1. The summed E-state index contributed by atoms with van der Waals surface area (Å²) < 4.78 is 0. The van der Waals surface area contributed by atoms with Crippen molar-refractivity contribution in [3.63, 3.8) is 0 Å². The maximum Gasteiger partial charge on any atom is 0.272 e. The van der Waals surface area contributed by atoms with Gasteiger partial charge in [-0.3, -0.25) is 9.78 Å². The molecule has 0 unspecified atom stereocenters. The number of rotatable bonds is 4. The fourth-order valence-corrected chi connectivity index (χ4v) is 3.97. The highest BCUT2D eigenvalue weighted by molar-refractivity contribution is 6.13. The number of hydrogen-bond acceptors (Lipinski definition) is 5. The van der Waals surface area contributed by atoms with E-state index in [0.717, 1.165) is 59.4 Å². The minimum atomic E-state index is -0.211. The lowest BCUT2D eigenvalue weighted by Crippen LogP contribution is -2.44. The molecule has 0 aliphatic carbocycles. The lowest BCUT2D eigenvalue weighted by Gasteiger charge is -2.33. The van der Waals surface area contributed by atoms with Gasteiger partial charge >= 0.3 is 0 Å². The second kappa shape index (κ2) is 7.76. The first-order valence-electron chi connectivity index (χ1n) is 10.2. The number of anilines is 1. The van der Waals surface area contributed by atoms with E-state index in [2.05, 4.69) is 43.2 Å². The van der Waals surface area contributed by atoms with Crippen molar-refractivity contribution in [1.82, 2.24) is 25.2 Å². The molecule has 1 aromatic carbocycles. The van der Waals surface area contributed by atoms with E-state index in [9.17, 15) is 4.79 Å². The lowest BCUT2D eigenvalue weighted by atomic mass is 10.1. The van der Waals surface area contributed by atoms with Gasteiger partial charge in [0.25, 0.3) is 5.91 Å². The molecule has 0 saturated carbocycles. The van der Waals surface area contributed by atoms with E-state index in [1.54, 1.807) is 6.20 Å². The number of carbonyl (C=O) groups excluding carboxylic acids is 1. The van der Waals surface area contributed by atoms with Gasteiger partial charge in [-0.05, 0) is 31.3 Å². The molecule has 7 nitrogen and oxygen atoms in total. The molecular formula is C23H24N6O. The SMILES string of the molecule is CN1CCN(c2ccc(CNC(=O)c3nccc4c3[nH]c3ccccc34)nc2)CC1. The Morgan fingerprint density at radius 2 is 1.87 bits per heavy atom. The molecule has 4 aromatic rings. The van der Waals surface area contributed by atoms with Crippen molar-refractivity contribution in [2.45, 2.75) is 6.54 Å². The third-order valence-corrected chi connectivity index (χ3v) is 5.75. The van der Waals surface area contributed by atoms with Crippen LogP contribution in [0, 0.1) is 0 Å². The number of fused-ring (bicyclic) bond motifs is 3. The number of nitrogens with one attached hydrogen (secondary N) is 2. The molecule has 2 N–H and O–H groups in total. The van der Waals surface area contributed by atoms with Crippen molar-refractivity contribution in [3.8, 4) is 0 Å². The van der Waals surface area contributed by atoms with Gasteiger partial charge in [0, 0.05) is 48.7 Å². The van der Waals surface area contributed by atoms with Crippen LogP contribution in [0.15, 0.2) is 54.9 Å². The Morgan fingerprint density at radius 1 is 1.03 bits per heavy atom. The molecule has 1 aliphatic rings. The largest absolute Gasteiger partial charge is 0.368 e. The highest BCUT2D eigenvalue weighted by Gasteiger charge is 2.16. The first-order chi connectivity index (χ1) is 14.7. The topological polar surface area (TPSA) is 77.1 Å². The summed E-state index contributed by atoms with van der Waals surface area (Å²) >= 11 is 0. The van der Waals surface area contributed by atoms with Crippen molar-refractivity contribution in [1.29, 1.82) is 0 Å². The summed E-state index contributed by atoms with van der Waals surface area (Å²) in [6.45, 7) is 4.50. The fraction of sp³-hybridized carbons (Fsp3) is 0.261. The normalized spacial score (nSPS) is 15.0. The summed E-state index contributed by atoms with van der Waals surface area (Å²) in [5, 5.41) is 5.04. The minimum Gasteiger partial charge on any atom is -0.368 e. The molecule has 5 rings (SSSR count). The Bertz CT molecular complexity index is 1190. The third-order valence-electron chi connectivity index (χ3n) is 5.75. The van der Waals surface area contributed by atoms with Gasteiger partial charge in [0.1, 0.15) is 0 Å². The fourth-order valence-electron chi connectivity index (χ4n) is 3.97. The van der Waals surface area contributed by atoms with Crippen molar-refractivity contribution in [2.75, 3.05) is 38.1 Å². The van der Waals surface area contributed by atoms with Crippen molar-refractivity contribution in [3.05, 3.63) is 66.2 Å². The molecule has 1 aliphatic heterocycles. The lowest BCUT2D eigenvalue weighted by molar-refractivity contribution is 0.0947. The number of aromatic amines is 1. The van der Waals surface area contributed by atoms with Crippen LogP contribution in [0.2, 0.25) is 0 Å². The van der Waals surface area contributed by atoms with E-state index in [4.69, 9.17) is 0 Å². The Labute approximate surface area is 174 Å². The van der Waals surface area contributed by atoms with Gasteiger partial charge in [0.05, 0.1) is 29.6 Å². The van der Waals surface area contributed by atoms with Crippen LogP contribution in [-0.2, 0) is 6.54 Å². The molecule has 1 saturated heterocycles. The highest BCUT2D eigenvalue weighted by Crippen LogP contribution is 2.26. The van der Waals surface area contributed by atoms with Crippen LogP contribution >= 0.6 is 0 Å². The average molecular weight is 400 g/mol. The number of pyridine rings is 2. The second-order valence-electron chi connectivity index (χ2n) is 7.73. The van der Waals surface area contributed by atoms with Gasteiger partial charge in [-0.25, -0.2) is 4.98 Å². The van der Waals surface area contributed by atoms with Crippen LogP contribution in [0.3, 0.4) is 0 Å². The number of likely N-dealkylation sites (N-methyl/N-ethyl adjacent to an activating group) is 1. The van der Waals surface area contributed by atoms with E-state index in [0.29, 0.717) is 12.2 Å². The number of para-hydroxylation sites is 1. The van der Waals surface area contributed by atoms with Crippen LogP contribution in [0.5, 0.6) is 0 Å².